The molecule has 0 unspecified atom stereocenters. The number of nitrogens with two attached hydrogens (primary N) is 1. The predicted octanol–water partition coefficient (Wildman–Crippen LogP) is 3.91. The zero-order chi connectivity index (χ0) is 14.5. The minimum Gasteiger partial charge on any atom is -0.399 e. The maximum atomic E-state index is 11.9. The van der Waals surface area contributed by atoms with E-state index >= 15 is 0 Å². The van der Waals surface area contributed by atoms with E-state index in [1.54, 1.807) is 0 Å². The molecule has 3 nitrogen and oxygen atoms in total. The Hall–Kier alpha value is -1.81. The molecule has 1 amide bonds. The van der Waals surface area contributed by atoms with Crippen molar-refractivity contribution in [1.82, 2.24) is 0 Å². The molecular formula is C16H17BrN2O. The zero-order valence-electron chi connectivity index (χ0n) is 11.3. The minimum absolute atomic E-state index is 0.00456. The van der Waals surface area contributed by atoms with Gasteiger partial charge in [0.1, 0.15) is 0 Å². The molecule has 0 aliphatic carbocycles. The van der Waals surface area contributed by atoms with Gasteiger partial charge in [0.05, 0.1) is 0 Å². The highest BCUT2D eigenvalue weighted by Gasteiger charge is 2.04. The summed E-state index contributed by atoms with van der Waals surface area (Å²) >= 11 is 3.42. The van der Waals surface area contributed by atoms with E-state index in [-0.39, 0.29) is 5.91 Å². The van der Waals surface area contributed by atoms with Crippen LogP contribution in [0.4, 0.5) is 11.4 Å². The molecule has 0 fully saturated rings. The first-order valence-electron chi connectivity index (χ1n) is 6.44. The highest BCUT2D eigenvalue weighted by Crippen LogP contribution is 2.19. The predicted molar refractivity (Wildman–Crippen MR) is 86.7 cm³/mol. The first-order valence-corrected chi connectivity index (χ1v) is 7.24. The molecule has 0 heterocycles. The number of rotatable bonds is 4. The van der Waals surface area contributed by atoms with Crippen LogP contribution in [0, 0.1) is 6.92 Å². The van der Waals surface area contributed by atoms with Crippen molar-refractivity contribution in [3.8, 4) is 0 Å². The Morgan fingerprint density at radius 3 is 2.75 bits per heavy atom. The third-order valence-corrected chi connectivity index (χ3v) is 3.38. The van der Waals surface area contributed by atoms with Crippen LogP contribution in [0.3, 0.4) is 0 Å². The third kappa shape index (κ3) is 4.38. The number of nitrogens with one attached hydrogen (secondary N) is 1. The van der Waals surface area contributed by atoms with Gasteiger partial charge in [-0.25, -0.2) is 0 Å². The summed E-state index contributed by atoms with van der Waals surface area (Å²) < 4.78 is 0.962. The summed E-state index contributed by atoms with van der Waals surface area (Å²) in [4.78, 5) is 11.9. The SMILES string of the molecule is Cc1cc(Br)cc(NC(=O)CCc2cccc(N)c2)c1. The van der Waals surface area contributed by atoms with Crippen molar-refractivity contribution < 1.29 is 4.79 Å². The van der Waals surface area contributed by atoms with Crippen LogP contribution >= 0.6 is 15.9 Å². The molecule has 2 aromatic carbocycles. The Kier molecular flexibility index (Phi) is 4.79. The Morgan fingerprint density at radius 1 is 1.25 bits per heavy atom. The van der Waals surface area contributed by atoms with Gasteiger partial charge in [-0.1, -0.05) is 28.1 Å². The largest absolute Gasteiger partial charge is 0.399 e. The topological polar surface area (TPSA) is 55.1 Å². The average molecular weight is 333 g/mol. The lowest BCUT2D eigenvalue weighted by atomic mass is 10.1. The lowest BCUT2D eigenvalue weighted by Crippen LogP contribution is -2.12. The van der Waals surface area contributed by atoms with Crippen molar-refractivity contribution in [2.45, 2.75) is 19.8 Å². The normalized spacial score (nSPS) is 10.3. The molecule has 0 aliphatic rings. The van der Waals surface area contributed by atoms with Gasteiger partial charge in [0.15, 0.2) is 0 Å². The van der Waals surface area contributed by atoms with Gasteiger partial charge in [0.2, 0.25) is 5.91 Å². The molecule has 0 spiro atoms. The molecule has 0 bridgehead atoms. The molecule has 0 radical (unpaired) electrons. The van der Waals surface area contributed by atoms with E-state index in [1.807, 2.05) is 49.4 Å². The number of hydrogen-bond acceptors (Lipinski definition) is 2. The van der Waals surface area contributed by atoms with Crippen molar-refractivity contribution in [1.29, 1.82) is 0 Å². The number of carbonyl (C=O) groups excluding carboxylic acids is 1. The molecule has 0 atom stereocenters. The molecule has 3 N–H and O–H groups in total. The van der Waals surface area contributed by atoms with Crippen LogP contribution in [0.5, 0.6) is 0 Å². The van der Waals surface area contributed by atoms with E-state index in [0.29, 0.717) is 12.8 Å². The Bertz CT molecular complexity index is 605. The fraction of sp³-hybridized carbons (Fsp3) is 0.188. The van der Waals surface area contributed by atoms with E-state index < -0.39 is 0 Å². The Labute approximate surface area is 127 Å². The fourth-order valence-corrected chi connectivity index (χ4v) is 2.65. The first-order chi connectivity index (χ1) is 9.52. The molecule has 4 heteroatoms. The summed E-state index contributed by atoms with van der Waals surface area (Å²) in [5.41, 5.74) is 9.43. The molecule has 0 aromatic heterocycles. The summed E-state index contributed by atoms with van der Waals surface area (Å²) in [6.07, 6.45) is 1.12. The highest BCUT2D eigenvalue weighted by molar-refractivity contribution is 9.10. The van der Waals surface area contributed by atoms with E-state index in [9.17, 15) is 4.79 Å². The first kappa shape index (κ1) is 14.6. The van der Waals surface area contributed by atoms with Crippen LogP contribution < -0.4 is 11.1 Å². The molecule has 2 aromatic rings. The second-order valence-corrected chi connectivity index (χ2v) is 5.73. The van der Waals surface area contributed by atoms with Crippen LogP contribution in [0.15, 0.2) is 46.9 Å². The smallest absolute Gasteiger partial charge is 0.224 e. The number of aryl methyl sites for hydroxylation is 2. The van der Waals surface area contributed by atoms with Crippen molar-refractivity contribution in [2.24, 2.45) is 0 Å². The summed E-state index contributed by atoms with van der Waals surface area (Å²) in [7, 11) is 0. The zero-order valence-corrected chi connectivity index (χ0v) is 12.9. The quantitative estimate of drug-likeness (QED) is 0.834. The van der Waals surface area contributed by atoms with Gasteiger partial charge >= 0.3 is 0 Å². The number of carbonyl (C=O) groups is 1. The van der Waals surface area contributed by atoms with E-state index in [4.69, 9.17) is 5.73 Å². The van der Waals surface area contributed by atoms with Gasteiger partial charge in [-0.2, -0.15) is 0 Å². The van der Waals surface area contributed by atoms with Gasteiger partial charge in [-0.15, -0.1) is 0 Å². The van der Waals surface area contributed by atoms with Crippen molar-refractivity contribution in [2.75, 3.05) is 11.1 Å². The van der Waals surface area contributed by atoms with Crippen LogP contribution in [0.2, 0.25) is 0 Å². The Morgan fingerprint density at radius 2 is 2.05 bits per heavy atom. The van der Waals surface area contributed by atoms with Crippen molar-refractivity contribution in [3.63, 3.8) is 0 Å². The standard InChI is InChI=1S/C16H17BrN2O/c1-11-7-13(17)10-15(8-11)19-16(20)6-5-12-3-2-4-14(18)9-12/h2-4,7-10H,5-6,18H2,1H3,(H,19,20). The minimum atomic E-state index is 0.00456. The summed E-state index contributed by atoms with van der Waals surface area (Å²) in [5.74, 6) is 0.00456. The van der Waals surface area contributed by atoms with Crippen LogP contribution in [0.25, 0.3) is 0 Å². The molecule has 104 valence electrons. The van der Waals surface area contributed by atoms with Gasteiger partial charge in [0, 0.05) is 22.3 Å². The Balaban J connectivity index is 1.92. The molecule has 2 rings (SSSR count). The number of hydrogen-bond donors (Lipinski definition) is 2. The number of halogens is 1. The van der Waals surface area contributed by atoms with Crippen LogP contribution in [-0.2, 0) is 11.2 Å². The highest BCUT2D eigenvalue weighted by atomic mass is 79.9. The average Bonchev–Trinajstić information content (AvgIpc) is 2.35. The monoisotopic (exact) mass is 332 g/mol. The molecule has 20 heavy (non-hydrogen) atoms. The second kappa shape index (κ2) is 6.57. The van der Waals surface area contributed by atoms with Crippen LogP contribution in [0.1, 0.15) is 17.5 Å². The van der Waals surface area contributed by atoms with Gasteiger partial charge < -0.3 is 11.1 Å². The van der Waals surface area contributed by atoms with Gasteiger partial charge in [0.25, 0.3) is 0 Å². The maximum absolute atomic E-state index is 11.9. The maximum Gasteiger partial charge on any atom is 0.224 e. The van der Waals surface area contributed by atoms with Gasteiger partial charge in [-0.05, 0) is 54.8 Å². The number of benzene rings is 2. The number of amides is 1. The number of anilines is 2. The third-order valence-electron chi connectivity index (χ3n) is 2.92. The lowest BCUT2D eigenvalue weighted by molar-refractivity contribution is -0.116. The summed E-state index contributed by atoms with van der Waals surface area (Å²) in [5, 5.41) is 2.91. The fourth-order valence-electron chi connectivity index (χ4n) is 2.04. The molecule has 0 aliphatic heterocycles. The lowest BCUT2D eigenvalue weighted by Gasteiger charge is -2.07. The van der Waals surface area contributed by atoms with E-state index in [2.05, 4.69) is 21.2 Å². The van der Waals surface area contributed by atoms with E-state index in [1.165, 1.54) is 0 Å². The summed E-state index contributed by atoms with van der Waals surface area (Å²) in [6.45, 7) is 1.99. The van der Waals surface area contributed by atoms with Crippen molar-refractivity contribution in [3.05, 3.63) is 58.1 Å². The van der Waals surface area contributed by atoms with Crippen molar-refractivity contribution >= 4 is 33.2 Å². The van der Waals surface area contributed by atoms with Gasteiger partial charge in [-0.3, -0.25) is 4.79 Å². The molecular weight excluding hydrogens is 316 g/mol. The number of nitrogen functional groups attached to an aromatic ring is 1. The second-order valence-electron chi connectivity index (χ2n) is 4.81. The van der Waals surface area contributed by atoms with E-state index in [0.717, 1.165) is 27.0 Å². The molecule has 0 saturated heterocycles. The molecule has 0 saturated carbocycles. The summed E-state index contributed by atoms with van der Waals surface area (Å²) in [6, 6.07) is 13.5. The van der Waals surface area contributed by atoms with Crippen LogP contribution in [-0.4, -0.2) is 5.91 Å².